The molecule has 0 bridgehead atoms. The van der Waals surface area contributed by atoms with E-state index < -0.39 is 38.4 Å². The lowest BCUT2D eigenvalue weighted by atomic mass is 9.92. The maximum Gasteiger partial charge on any atom is 0.417 e. The minimum Gasteiger partial charge on any atom is -0.321 e. The van der Waals surface area contributed by atoms with Crippen LogP contribution in [0.1, 0.15) is 49.3 Å². The van der Waals surface area contributed by atoms with Crippen molar-refractivity contribution in [3.63, 3.8) is 0 Å². The van der Waals surface area contributed by atoms with Crippen LogP contribution in [0.4, 0.5) is 26.3 Å². The Morgan fingerprint density at radius 1 is 1.08 bits per heavy atom. The number of pyridine rings is 1. The number of hydrogen-bond donors (Lipinski definition) is 1. The van der Waals surface area contributed by atoms with Gasteiger partial charge in [0.25, 0.3) is 0 Å². The number of halogens is 6. The predicted molar refractivity (Wildman–Crippen MR) is 116 cm³/mol. The molecule has 0 atom stereocenters. The van der Waals surface area contributed by atoms with Crippen LogP contribution in [0.3, 0.4) is 0 Å². The Bertz CT molecular complexity index is 1490. The van der Waals surface area contributed by atoms with Gasteiger partial charge in [0.2, 0.25) is 10.0 Å². The molecule has 2 aliphatic rings. The predicted octanol–water partition coefficient (Wildman–Crippen LogP) is 5.69. The minimum atomic E-state index is -4.73. The van der Waals surface area contributed by atoms with E-state index in [1.54, 1.807) is 9.29 Å². The smallest absolute Gasteiger partial charge is 0.321 e. The summed E-state index contributed by atoms with van der Waals surface area (Å²) >= 11 is 0. The Morgan fingerprint density at radius 3 is 2.19 bits per heavy atom. The Hall–Kier alpha value is -3.11. The van der Waals surface area contributed by atoms with Crippen molar-refractivity contribution in [2.24, 2.45) is 0 Å². The van der Waals surface area contributed by atoms with Gasteiger partial charge in [-0.15, -0.1) is 0 Å². The highest BCUT2D eigenvalue weighted by molar-refractivity contribution is 7.89. The van der Waals surface area contributed by atoms with E-state index in [-0.39, 0.29) is 41.2 Å². The molecule has 6 nitrogen and oxygen atoms in total. The van der Waals surface area contributed by atoms with Crippen molar-refractivity contribution in [1.29, 1.82) is 5.26 Å². The van der Waals surface area contributed by atoms with Gasteiger partial charge < -0.3 is 4.57 Å². The molecule has 0 aliphatic heterocycles. The van der Waals surface area contributed by atoms with E-state index in [4.69, 9.17) is 0 Å². The van der Waals surface area contributed by atoms with Crippen LogP contribution in [-0.4, -0.2) is 29.7 Å². The topological polar surface area (TPSA) is 87.8 Å². The third-order valence-corrected chi connectivity index (χ3v) is 8.33. The van der Waals surface area contributed by atoms with Crippen molar-refractivity contribution in [3.8, 4) is 17.3 Å². The van der Waals surface area contributed by atoms with Crippen LogP contribution >= 0.6 is 0 Å². The summed E-state index contributed by atoms with van der Waals surface area (Å²) in [5.74, 6) is 0. The molecule has 0 spiro atoms. The highest BCUT2D eigenvalue weighted by Crippen LogP contribution is 2.50. The van der Waals surface area contributed by atoms with Crippen molar-refractivity contribution < 1.29 is 34.8 Å². The van der Waals surface area contributed by atoms with Gasteiger partial charge in [-0.3, -0.25) is 0 Å². The minimum absolute atomic E-state index is 0.0217. The van der Waals surface area contributed by atoms with Crippen molar-refractivity contribution in [3.05, 3.63) is 47.7 Å². The second-order valence-corrected chi connectivity index (χ2v) is 10.8. The Kier molecular flexibility index (Phi) is 5.42. The number of sulfonamides is 1. The molecule has 5 rings (SSSR count). The first kappa shape index (κ1) is 24.6. The number of nitriles is 1. The van der Waals surface area contributed by atoms with Crippen molar-refractivity contribution in [1.82, 2.24) is 14.3 Å². The fourth-order valence-corrected chi connectivity index (χ4v) is 5.86. The lowest BCUT2D eigenvalue weighted by Crippen LogP contribution is -2.47. The van der Waals surface area contributed by atoms with Crippen LogP contribution in [0.15, 0.2) is 41.4 Å². The van der Waals surface area contributed by atoms with Gasteiger partial charge in [-0.1, -0.05) is 12.1 Å². The number of fused-ring (bicyclic) bond motifs is 1. The fourth-order valence-electron chi connectivity index (χ4n) is 4.42. The largest absolute Gasteiger partial charge is 0.417 e. The molecule has 1 aromatic carbocycles. The van der Waals surface area contributed by atoms with Crippen molar-refractivity contribution >= 4 is 21.1 Å². The summed E-state index contributed by atoms with van der Waals surface area (Å²) in [5, 5.41) is 9.89. The standard InChI is InChI=1S/C23H18F6N4O2S/c24-22(25,26)14-10-17-18(11-30)19(33(15-2-1-3-15)20(17)31-12-14)13-4-6-16(7-5-13)36(34,35)32-21(8-9-21)23(27,28)29/h4-7,10,12,15,32H,1-3,8-9H2. The summed E-state index contributed by atoms with van der Waals surface area (Å²) in [6, 6.07) is 7.60. The highest BCUT2D eigenvalue weighted by atomic mass is 32.2. The lowest BCUT2D eigenvalue weighted by Gasteiger charge is -2.29. The molecule has 3 aromatic rings. The van der Waals surface area contributed by atoms with Gasteiger partial charge in [0, 0.05) is 17.6 Å². The number of aromatic nitrogens is 2. The normalized spacial score (nSPS) is 18.1. The zero-order chi connectivity index (χ0) is 26.1. The molecule has 0 radical (unpaired) electrons. The van der Waals surface area contributed by atoms with Gasteiger partial charge in [-0.05, 0) is 55.9 Å². The van der Waals surface area contributed by atoms with Crippen molar-refractivity contribution in [2.45, 2.75) is 60.9 Å². The second kappa shape index (κ2) is 7.94. The van der Waals surface area contributed by atoms with Crippen LogP contribution in [0.2, 0.25) is 0 Å². The Labute approximate surface area is 201 Å². The van der Waals surface area contributed by atoms with Gasteiger partial charge in [0.15, 0.2) is 0 Å². The van der Waals surface area contributed by atoms with Gasteiger partial charge >= 0.3 is 12.4 Å². The average Bonchev–Trinajstić information content (AvgIpc) is 3.47. The van der Waals surface area contributed by atoms with Crippen LogP contribution in [-0.2, 0) is 16.2 Å². The fraction of sp³-hybridized carbons (Fsp3) is 0.391. The number of benzene rings is 1. The van der Waals surface area contributed by atoms with Gasteiger partial charge in [-0.2, -0.15) is 36.3 Å². The Balaban J connectivity index is 1.60. The number of alkyl halides is 6. The summed E-state index contributed by atoms with van der Waals surface area (Å²) in [6.45, 7) is 0. The molecule has 2 heterocycles. The number of nitrogens with zero attached hydrogens (tertiary/aromatic N) is 3. The maximum absolute atomic E-state index is 13.3. The first-order chi connectivity index (χ1) is 16.8. The number of rotatable bonds is 5. The second-order valence-electron chi connectivity index (χ2n) is 9.09. The molecule has 13 heteroatoms. The molecular formula is C23H18F6N4O2S. The SMILES string of the molecule is N#Cc1c(-c2ccc(S(=O)(=O)NC3(C(F)(F)F)CC3)cc2)n(C2CCC2)c2ncc(C(F)(F)F)cc12. The summed E-state index contributed by atoms with van der Waals surface area (Å²) in [5.41, 5.74) is -2.70. The molecule has 0 saturated heterocycles. The third kappa shape index (κ3) is 3.92. The molecule has 2 aliphatic carbocycles. The van der Waals surface area contributed by atoms with E-state index in [1.165, 1.54) is 12.1 Å². The van der Waals surface area contributed by atoms with E-state index in [1.807, 2.05) is 6.07 Å². The van der Waals surface area contributed by atoms with E-state index in [9.17, 15) is 40.0 Å². The molecule has 2 fully saturated rings. The van der Waals surface area contributed by atoms with Crippen LogP contribution in [0.25, 0.3) is 22.3 Å². The summed E-state index contributed by atoms with van der Waals surface area (Å²) in [6.07, 6.45) is -7.06. The van der Waals surface area contributed by atoms with Crippen LogP contribution in [0.5, 0.6) is 0 Å². The van der Waals surface area contributed by atoms with Gasteiger partial charge in [0.1, 0.15) is 17.3 Å². The monoisotopic (exact) mass is 528 g/mol. The number of nitrogens with one attached hydrogen (secondary N) is 1. The molecule has 2 saturated carbocycles. The van der Waals surface area contributed by atoms with Crippen LogP contribution in [0, 0.1) is 11.3 Å². The lowest BCUT2D eigenvalue weighted by molar-refractivity contribution is -0.160. The van der Waals surface area contributed by atoms with E-state index in [2.05, 4.69) is 4.98 Å². The molecular weight excluding hydrogens is 510 g/mol. The zero-order valence-corrected chi connectivity index (χ0v) is 19.2. The number of hydrogen-bond acceptors (Lipinski definition) is 4. The molecule has 0 amide bonds. The summed E-state index contributed by atoms with van der Waals surface area (Å²) in [7, 11) is -4.50. The van der Waals surface area contributed by atoms with E-state index >= 15 is 0 Å². The van der Waals surface area contributed by atoms with Crippen molar-refractivity contribution in [2.75, 3.05) is 0 Å². The first-order valence-corrected chi connectivity index (χ1v) is 12.5. The highest BCUT2D eigenvalue weighted by Gasteiger charge is 2.65. The van der Waals surface area contributed by atoms with E-state index in [0.29, 0.717) is 11.8 Å². The Morgan fingerprint density at radius 2 is 1.72 bits per heavy atom. The molecule has 190 valence electrons. The zero-order valence-electron chi connectivity index (χ0n) is 18.4. The summed E-state index contributed by atoms with van der Waals surface area (Å²) in [4.78, 5) is 3.61. The quantitative estimate of drug-likeness (QED) is 0.431. The van der Waals surface area contributed by atoms with Gasteiger partial charge in [-0.25, -0.2) is 13.4 Å². The molecule has 2 aromatic heterocycles. The molecule has 1 N–H and O–H groups in total. The van der Waals surface area contributed by atoms with E-state index in [0.717, 1.165) is 37.5 Å². The van der Waals surface area contributed by atoms with Crippen LogP contribution < -0.4 is 4.72 Å². The maximum atomic E-state index is 13.3. The molecule has 36 heavy (non-hydrogen) atoms. The first-order valence-electron chi connectivity index (χ1n) is 11.0. The summed E-state index contributed by atoms with van der Waals surface area (Å²) < 4.78 is 108. The molecule has 0 unspecified atom stereocenters. The van der Waals surface area contributed by atoms with Gasteiger partial charge in [0.05, 0.1) is 21.7 Å². The third-order valence-electron chi connectivity index (χ3n) is 6.78. The average molecular weight is 528 g/mol.